The first-order valence-electron chi connectivity index (χ1n) is 5.33. The molecule has 0 fully saturated rings. The number of aromatic nitrogens is 3. The number of nitrogens with zero attached hydrogens (tertiary/aromatic N) is 4. The zero-order chi connectivity index (χ0) is 13.0. The molecule has 92 valence electrons. The fraction of sp³-hybridized carbons (Fsp3) is 0.167. The summed E-state index contributed by atoms with van der Waals surface area (Å²) in [4.78, 5) is 24.7. The summed E-state index contributed by atoms with van der Waals surface area (Å²) >= 11 is 0. The quantitative estimate of drug-likeness (QED) is 0.870. The van der Waals surface area contributed by atoms with Crippen molar-refractivity contribution in [2.45, 2.75) is 6.54 Å². The first-order chi connectivity index (χ1) is 8.68. The summed E-state index contributed by atoms with van der Waals surface area (Å²) in [5.41, 5.74) is 0.922. The molecule has 0 bridgehead atoms. The molecule has 0 radical (unpaired) electrons. The average molecular weight is 244 g/mol. The largest absolute Gasteiger partial charge is 0.476 e. The lowest BCUT2D eigenvalue weighted by Gasteiger charge is -2.18. The van der Waals surface area contributed by atoms with E-state index in [1.807, 2.05) is 12.1 Å². The molecule has 18 heavy (non-hydrogen) atoms. The Labute approximate surface area is 104 Å². The highest BCUT2D eigenvalue weighted by atomic mass is 16.4. The summed E-state index contributed by atoms with van der Waals surface area (Å²) in [7, 11) is 1.77. The molecule has 0 aliphatic rings. The SMILES string of the molecule is CN(Cc1cccnc1)c1nccnc1C(=O)O. The first kappa shape index (κ1) is 12.0. The van der Waals surface area contributed by atoms with Crippen LogP contribution in [-0.4, -0.2) is 33.1 Å². The van der Waals surface area contributed by atoms with E-state index in [9.17, 15) is 4.79 Å². The maximum atomic E-state index is 11.0. The normalized spacial score (nSPS) is 10.1. The molecule has 2 aromatic heterocycles. The second kappa shape index (κ2) is 5.22. The van der Waals surface area contributed by atoms with Crippen LogP contribution < -0.4 is 4.90 Å². The van der Waals surface area contributed by atoms with E-state index >= 15 is 0 Å². The third-order valence-corrected chi connectivity index (χ3v) is 2.39. The number of hydrogen-bond acceptors (Lipinski definition) is 5. The van der Waals surface area contributed by atoms with Gasteiger partial charge in [0.25, 0.3) is 0 Å². The molecular formula is C12H12N4O2. The van der Waals surface area contributed by atoms with E-state index in [2.05, 4.69) is 15.0 Å². The van der Waals surface area contributed by atoms with Gasteiger partial charge in [0.05, 0.1) is 0 Å². The number of pyridine rings is 1. The van der Waals surface area contributed by atoms with Gasteiger partial charge < -0.3 is 10.0 Å². The van der Waals surface area contributed by atoms with Gasteiger partial charge in [-0.05, 0) is 11.6 Å². The molecule has 0 saturated heterocycles. The summed E-state index contributed by atoms with van der Waals surface area (Å²) in [6, 6.07) is 3.75. The molecule has 2 aromatic rings. The molecule has 6 nitrogen and oxygen atoms in total. The van der Waals surface area contributed by atoms with Crippen LogP contribution in [0.1, 0.15) is 16.1 Å². The molecule has 2 rings (SSSR count). The van der Waals surface area contributed by atoms with Crippen molar-refractivity contribution in [1.82, 2.24) is 15.0 Å². The van der Waals surface area contributed by atoms with E-state index in [0.717, 1.165) is 5.56 Å². The number of rotatable bonds is 4. The summed E-state index contributed by atoms with van der Waals surface area (Å²) < 4.78 is 0. The Morgan fingerprint density at radius 3 is 2.78 bits per heavy atom. The maximum absolute atomic E-state index is 11.0. The Balaban J connectivity index is 2.24. The minimum atomic E-state index is -1.09. The van der Waals surface area contributed by atoms with E-state index in [4.69, 9.17) is 5.11 Å². The second-order valence-electron chi connectivity index (χ2n) is 3.75. The minimum absolute atomic E-state index is 0.0520. The highest BCUT2D eigenvalue weighted by molar-refractivity contribution is 5.90. The maximum Gasteiger partial charge on any atom is 0.358 e. The number of carboxylic acids is 1. The fourth-order valence-electron chi connectivity index (χ4n) is 1.60. The number of anilines is 1. The summed E-state index contributed by atoms with van der Waals surface area (Å²) in [5, 5.41) is 9.04. The molecule has 0 saturated carbocycles. The van der Waals surface area contributed by atoms with Crippen LogP contribution in [0.25, 0.3) is 0 Å². The van der Waals surface area contributed by atoms with Crippen molar-refractivity contribution in [3.63, 3.8) is 0 Å². The van der Waals surface area contributed by atoms with Crippen molar-refractivity contribution in [2.24, 2.45) is 0 Å². The Morgan fingerprint density at radius 1 is 1.33 bits per heavy atom. The number of carbonyl (C=O) groups is 1. The summed E-state index contributed by atoms with van der Waals surface area (Å²) in [6.07, 6.45) is 6.26. The van der Waals surface area contributed by atoms with Crippen LogP contribution in [0.4, 0.5) is 5.82 Å². The van der Waals surface area contributed by atoms with Gasteiger partial charge >= 0.3 is 5.97 Å². The van der Waals surface area contributed by atoms with Gasteiger partial charge in [0.2, 0.25) is 0 Å². The molecule has 2 heterocycles. The summed E-state index contributed by atoms with van der Waals surface area (Å²) in [6.45, 7) is 0.521. The minimum Gasteiger partial charge on any atom is -0.476 e. The van der Waals surface area contributed by atoms with E-state index in [0.29, 0.717) is 12.4 Å². The Morgan fingerprint density at radius 2 is 2.11 bits per heavy atom. The van der Waals surface area contributed by atoms with Crippen LogP contribution in [0.5, 0.6) is 0 Å². The monoisotopic (exact) mass is 244 g/mol. The molecule has 6 heteroatoms. The van der Waals surface area contributed by atoms with Crippen LogP contribution >= 0.6 is 0 Å². The summed E-state index contributed by atoms with van der Waals surface area (Å²) in [5.74, 6) is -0.745. The average Bonchev–Trinajstić information content (AvgIpc) is 2.40. The zero-order valence-electron chi connectivity index (χ0n) is 9.82. The topological polar surface area (TPSA) is 79.2 Å². The lowest BCUT2D eigenvalue weighted by atomic mass is 10.2. The predicted molar refractivity (Wildman–Crippen MR) is 65.3 cm³/mol. The molecule has 1 N–H and O–H groups in total. The van der Waals surface area contributed by atoms with Crippen LogP contribution in [-0.2, 0) is 6.54 Å². The molecular weight excluding hydrogens is 232 g/mol. The molecule has 0 amide bonds. The van der Waals surface area contributed by atoms with Crippen molar-refractivity contribution in [2.75, 3.05) is 11.9 Å². The van der Waals surface area contributed by atoms with Crippen molar-refractivity contribution in [3.8, 4) is 0 Å². The molecule has 0 aromatic carbocycles. The van der Waals surface area contributed by atoms with Gasteiger partial charge in [0, 0.05) is 38.4 Å². The third kappa shape index (κ3) is 2.60. The molecule has 0 unspecified atom stereocenters. The number of carboxylic acid groups (broad SMARTS) is 1. The van der Waals surface area contributed by atoms with Gasteiger partial charge in [-0.25, -0.2) is 14.8 Å². The van der Waals surface area contributed by atoms with Gasteiger partial charge in [0.1, 0.15) is 0 Å². The van der Waals surface area contributed by atoms with E-state index in [1.165, 1.54) is 12.4 Å². The highest BCUT2D eigenvalue weighted by Gasteiger charge is 2.16. The molecule has 0 atom stereocenters. The van der Waals surface area contributed by atoms with Crippen molar-refractivity contribution in [3.05, 3.63) is 48.2 Å². The number of aromatic carboxylic acids is 1. The first-order valence-corrected chi connectivity index (χ1v) is 5.33. The van der Waals surface area contributed by atoms with Gasteiger partial charge in [-0.15, -0.1) is 0 Å². The van der Waals surface area contributed by atoms with Gasteiger partial charge in [0.15, 0.2) is 11.5 Å². The van der Waals surface area contributed by atoms with Gasteiger partial charge in [-0.1, -0.05) is 6.07 Å². The lowest BCUT2D eigenvalue weighted by molar-refractivity contribution is 0.0690. The number of hydrogen-bond donors (Lipinski definition) is 1. The molecule has 0 spiro atoms. The van der Waals surface area contributed by atoms with E-state index in [1.54, 1.807) is 24.3 Å². The molecule has 0 aliphatic heterocycles. The van der Waals surface area contributed by atoms with Crippen LogP contribution in [0.2, 0.25) is 0 Å². The van der Waals surface area contributed by atoms with Crippen LogP contribution in [0.3, 0.4) is 0 Å². The Bertz CT molecular complexity index is 545. The zero-order valence-corrected chi connectivity index (χ0v) is 9.82. The van der Waals surface area contributed by atoms with Gasteiger partial charge in [-0.2, -0.15) is 0 Å². The lowest BCUT2D eigenvalue weighted by Crippen LogP contribution is -2.21. The smallest absolute Gasteiger partial charge is 0.358 e. The van der Waals surface area contributed by atoms with Crippen molar-refractivity contribution >= 4 is 11.8 Å². The highest BCUT2D eigenvalue weighted by Crippen LogP contribution is 2.15. The van der Waals surface area contributed by atoms with Gasteiger partial charge in [-0.3, -0.25) is 4.98 Å². The predicted octanol–water partition coefficient (Wildman–Crippen LogP) is 1.21. The third-order valence-electron chi connectivity index (χ3n) is 2.39. The standard InChI is InChI=1S/C12H12N4O2/c1-16(8-9-3-2-4-13-7-9)11-10(12(17)18)14-5-6-15-11/h2-7H,8H2,1H3,(H,17,18). The van der Waals surface area contributed by atoms with E-state index in [-0.39, 0.29) is 5.69 Å². The Kier molecular flexibility index (Phi) is 3.47. The second-order valence-corrected chi connectivity index (χ2v) is 3.75. The van der Waals surface area contributed by atoms with Crippen LogP contribution in [0, 0.1) is 0 Å². The van der Waals surface area contributed by atoms with Crippen LogP contribution in [0.15, 0.2) is 36.9 Å². The fourth-order valence-corrected chi connectivity index (χ4v) is 1.60. The Hall–Kier alpha value is -2.50. The molecule has 0 aliphatic carbocycles. The van der Waals surface area contributed by atoms with Crippen molar-refractivity contribution < 1.29 is 9.90 Å². The van der Waals surface area contributed by atoms with Crippen molar-refractivity contribution in [1.29, 1.82) is 0 Å². The van der Waals surface area contributed by atoms with E-state index < -0.39 is 5.97 Å².